The Morgan fingerprint density at radius 1 is 0.889 bits per heavy atom. The maximum atomic E-state index is 12.5. The minimum atomic E-state index is -0.545. The van der Waals surface area contributed by atoms with Crippen LogP contribution >= 0.6 is 23.2 Å². The van der Waals surface area contributed by atoms with Gasteiger partial charge in [0.2, 0.25) is 0 Å². The molecule has 0 spiro atoms. The summed E-state index contributed by atoms with van der Waals surface area (Å²) >= 11 is 12.7. The van der Waals surface area contributed by atoms with Crippen LogP contribution in [-0.4, -0.2) is 29.2 Å². The van der Waals surface area contributed by atoms with Crippen LogP contribution in [0.5, 0.6) is 11.5 Å². The number of hydrogen-bond donors (Lipinski definition) is 2. The van der Waals surface area contributed by atoms with Crippen molar-refractivity contribution in [2.24, 2.45) is 5.10 Å². The molecule has 0 saturated heterocycles. The first-order valence-electron chi connectivity index (χ1n) is 14.0. The maximum absolute atomic E-state index is 12.5. The number of hydrogen-bond acceptors (Lipinski definition) is 6. The second-order valence-corrected chi connectivity index (χ2v) is 11.0. The van der Waals surface area contributed by atoms with E-state index in [0.29, 0.717) is 22.8 Å². The van der Waals surface area contributed by atoms with E-state index in [0.717, 1.165) is 22.6 Å². The van der Waals surface area contributed by atoms with E-state index in [2.05, 4.69) is 46.4 Å². The molecule has 0 aliphatic carbocycles. The highest BCUT2D eigenvalue weighted by Crippen LogP contribution is 2.34. The molecule has 5 aromatic rings. The number of furan rings is 1. The molecule has 0 aliphatic heterocycles. The van der Waals surface area contributed by atoms with Crippen LogP contribution in [-0.2, 0) is 11.4 Å². The monoisotopic (exact) mass is 644 g/mol. The minimum Gasteiger partial charge on any atom is -0.486 e. The first-order valence-corrected chi connectivity index (χ1v) is 14.7. The van der Waals surface area contributed by atoms with Crippen molar-refractivity contribution in [3.63, 3.8) is 0 Å². The lowest BCUT2D eigenvalue weighted by molar-refractivity contribution is -0.118. The SMILES string of the molecule is Cc1ccccc1NC(=O)COc1c(Cl)cc(/C=N/NC(=O)c2ccc(COc3ccc(-n4c(C)ccc4C)cc3)o2)cc1Cl. The summed E-state index contributed by atoms with van der Waals surface area (Å²) in [6.07, 6.45) is 1.37. The van der Waals surface area contributed by atoms with E-state index >= 15 is 0 Å². The molecular weight excluding hydrogens is 615 g/mol. The summed E-state index contributed by atoms with van der Waals surface area (Å²) in [6.45, 7) is 5.88. The van der Waals surface area contributed by atoms with Gasteiger partial charge in [0, 0.05) is 22.8 Å². The summed E-state index contributed by atoms with van der Waals surface area (Å²) < 4.78 is 19.2. The molecule has 0 saturated carbocycles. The van der Waals surface area contributed by atoms with Gasteiger partial charge < -0.3 is 23.8 Å². The van der Waals surface area contributed by atoms with Crippen LogP contribution in [0.2, 0.25) is 10.0 Å². The molecule has 0 aliphatic rings. The van der Waals surface area contributed by atoms with Gasteiger partial charge >= 0.3 is 5.91 Å². The van der Waals surface area contributed by atoms with Gasteiger partial charge in [-0.25, -0.2) is 5.43 Å². The summed E-state index contributed by atoms with van der Waals surface area (Å²) in [7, 11) is 0. The number of nitrogens with zero attached hydrogens (tertiary/aromatic N) is 2. The number of amides is 2. The average molecular weight is 646 g/mol. The summed E-state index contributed by atoms with van der Waals surface area (Å²) in [5, 5.41) is 7.10. The van der Waals surface area contributed by atoms with Crippen molar-refractivity contribution in [3.8, 4) is 17.2 Å². The Labute approximate surface area is 270 Å². The molecule has 2 N–H and O–H groups in total. The number of para-hydroxylation sites is 1. The zero-order chi connectivity index (χ0) is 31.9. The first kappa shape index (κ1) is 31.4. The molecule has 0 bridgehead atoms. The lowest BCUT2D eigenvalue weighted by Gasteiger charge is -2.12. The zero-order valence-corrected chi connectivity index (χ0v) is 26.3. The Kier molecular flexibility index (Phi) is 9.92. The van der Waals surface area contributed by atoms with E-state index in [4.69, 9.17) is 37.1 Å². The minimum absolute atomic E-state index is 0.0726. The van der Waals surface area contributed by atoms with Gasteiger partial charge in [-0.2, -0.15) is 5.10 Å². The third-order valence-corrected chi connectivity index (χ3v) is 7.36. The normalized spacial score (nSPS) is 11.0. The van der Waals surface area contributed by atoms with Gasteiger partial charge in [0.1, 0.15) is 18.1 Å². The first-order chi connectivity index (χ1) is 21.7. The Morgan fingerprint density at radius 3 is 2.27 bits per heavy atom. The molecule has 2 heterocycles. The lowest BCUT2D eigenvalue weighted by Crippen LogP contribution is -2.20. The molecule has 230 valence electrons. The van der Waals surface area contributed by atoms with E-state index in [1.807, 2.05) is 49.4 Å². The molecule has 2 aromatic heterocycles. The number of rotatable bonds is 11. The van der Waals surface area contributed by atoms with Crippen LogP contribution in [0.15, 0.2) is 94.4 Å². The topological polar surface area (TPSA) is 107 Å². The van der Waals surface area contributed by atoms with Gasteiger partial charge in [0.15, 0.2) is 18.1 Å². The van der Waals surface area contributed by atoms with E-state index < -0.39 is 5.91 Å². The maximum Gasteiger partial charge on any atom is 0.307 e. The predicted molar refractivity (Wildman–Crippen MR) is 175 cm³/mol. The Bertz CT molecular complexity index is 1820. The standard InChI is InChI=1S/C34H30Cl2N4O5/c1-21-6-4-5-7-30(21)38-32(41)20-44-33-28(35)16-24(17-29(33)36)18-37-39-34(42)31-15-14-27(45-31)19-43-26-12-10-25(11-13-26)40-22(2)8-9-23(40)3/h4-18H,19-20H2,1-3H3,(H,38,41)(H,39,42)/b37-18+. The number of carbonyl (C=O) groups is 2. The molecule has 0 atom stereocenters. The number of ether oxygens (including phenoxy) is 2. The Hall–Kier alpha value is -4.99. The molecular formula is C34H30Cl2N4O5. The summed E-state index contributed by atoms with van der Waals surface area (Å²) in [6, 6.07) is 25.6. The number of aryl methyl sites for hydroxylation is 3. The van der Waals surface area contributed by atoms with Gasteiger partial charge in [-0.15, -0.1) is 0 Å². The quantitative estimate of drug-likeness (QED) is 0.113. The smallest absolute Gasteiger partial charge is 0.307 e. The summed E-state index contributed by atoms with van der Waals surface area (Å²) in [5.74, 6) is 0.482. The highest BCUT2D eigenvalue weighted by atomic mass is 35.5. The second kappa shape index (κ2) is 14.2. The van der Waals surface area contributed by atoms with Gasteiger partial charge in [-0.05, 0) is 98.6 Å². The van der Waals surface area contributed by atoms with Crippen molar-refractivity contribution in [1.29, 1.82) is 0 Å². The van der Waals surface area contributed by atoms with E-state index in [-0.39, 0.29) is 40.7 Å². The van der Waals surface area contributed by atoms with Gasteiger partial charge in [0.25, 0.3) is 5.91 Å². The van der Waals surface area contributed by atoms with Crippen molar-refractivity contribution < 1.29 is 23.5 Å². The van der Waals surface area contributed by atoms with Crippen LogP contribution in [0.25, 0.3) is 5.69 Å². The molecule has 3 aromatic carbocycles. The van der Waals surface area contributed by atoms with Crippen LogP contribution < -0.4 is 20.2 Å². The number of benzene rings is 3. The van der Waals surface area contributed by atoms with E-state index in [1.165, 1.54) is 6.21 Å². The summed E-state index contributed by atoms with van der Waals surface area (Å²) in [5.41, 5.74) is 7.88. The Morgan fingerprint density at radius 2 is 1.58 bits per heavy atom. The van der Waals surface area contributed by atoms with Gasteiger partial charge in [-0.3, -0.25) is 9.59 Å². The van der Waals surface area contributed by atoms with E-state index in [1.54, 1.807) is 30.3 Å². The van der Waals surface area contributed by atoms with Crippen molar-refractivity contribution in [2.75, 3.05) is 11.9 Å². The largest absolute Gasteiger partial charge is 0.486 e. The molecule has 5 rings (SSSR count). The highest BCUT2D eigenvalue weighted by molar-refractivity contribution is 6.37. The number of nitrogens with one attached hydrogen (secondary N) is 2. The van der Waals surface area contributed by atoms with Crippen molar-refractivity contribution in [2.45, 2.75) is 27.4 Å². The molecule has 0 radical (unpaired) electrons. The Balaban J connectivity index is 1.10. The lowest BCUT2D eigenvalue weighted by atomic mass is 10.2. The number of aromatic nitrogens is 1. The number of carbonyl (C=O) groups excluding carboxylic acids is 2. The third-order valence-electron chi connectivity index (χ3n) is 6.80. The van der Waals surface area contributed by atoms with E-state index in [9.17, 15) is 9.59 Å². The fourth-order valence-corrected chi connectivity index (χ4v) is 5.16. The number of anilines is 1. The highest BCUT2D eigenvalue weighted by Gasteiger charge is 2.14. The van der Waals surface area contributed by atoms with Crippen LogP contribution in [0.1, 0.15) is 38.8 Å². The van der Waals surface area contributed by atoms with Gasteiger partial charge in [-0.1, -0.05) is 41.4 Å². The van der Waals surface area contributed by atoms with Crippen molar-refractivity contribution >= 4 is 46.9 Å². The summed E-state index contributed by atoms with van der Waals surface area (Å²) in [4.78, 5) is 24.9. The average Bonchev–Trinajstić information content (AvgIpc) is 3.63. The third kappa shape index (κ3) is 7.94. The molecule has 45 heavy (non-hydrogen) atoms. The van der Waals surface area contributed by atoms with Gasteiger partial charge in [0.05, 0.1) is 16.3 Å². The second-order valence-electron chi connectivity index (χ2n) is 10.2. The molecule has 9 nitrogen and oxygen atoms in total. The fourth-order valence-electron chi connectivity index (χ4n) is 4.55. The van der Waals surface area contributed by atoms with Crippen LogP contribution in [0, 0.1) is 20.8 Å². The number of halogens is 2. The fraction of sp³-hybridized carbons (Fsp3) is 0.147. The van der Waals surface area contributed by atoms with Crippen LogP contribution in [0.3, 0.4) is 0 Å². The molecule has 0 fully saturated rings. The van der Waals surface area contributed by atoms with Crippen LogP contribution in [0.4, 0.5) is 5.69 Å². The zero-order valence-electron chi connectivity index (χ0n) is 24.8. The molecule has 2 amide bonds. The molecule has 11 heteroatoms. The number of hydrazone groups is 1. The predicted octanol–water partition coefficient (Wildman–Crippen LogP) is 7.66. The molecule has 0 unspecified atom stereocenters. The van der Waals surface area contributed by atoms with Crippen molar-refractivity contribution in [3.05, 3.63) is 129 Å². The van der Waals surface area contributed by atoms with Crippen molar-refractivity contribution in [1.82, 2.24) is 9.99 Å².